The van der Waals surface area contributed by atoms with Crippen LogP contribution in [0.1, 0.15) is 88.8 Å². The Bertz CT molecular complexity index is 1310. The molecule has 4 bridgehead atoms. The molecular weight excluding hydrogens is 522 g/mol. The molecule has 2 saturated carbocycles. The standard InChI is InChI=1S/C22H27N5O5.C9H16/c1-26(2)21(30)20(25-32-12-18(28)29)19-22(31)27(17-9-4-3-8-16(17)24-19)15-10-13-6-5-7-14(11-15)23-13;1-3-8-5-2-6-9(4-1)7-8/h3-4,8-9,13-15,23H,5-7,10-12H2,1-2H3,(H,28,29);8-9H,1-7H2/b25-20-;. The average molecular weight is 566 g/mol. The Kier molecular flexibility index (Phi) is 9.37. The molecule has 4 fully saturated rings. The van der Waals surface area contributed by atoms with Gasteiger partial charge in [0.15, 0.2) is 11.4 Å². The van der Waals surface area contributed by atoms with E-state index in [1.54, 1.807) is 42.7 Å². The molecule has 2 aliphatic heterocycles. The van der Waals surface area contributed by atoms with Crippen molar-refractivity contribution in [3.05, 3.63) is 40.3 Å². The summed E-state index contributed by atoms with van der Waals surface area (Å²) in [5.74, 6) is 0.467. The summed E-state index contributed by atoms with van der Waals surface area (Å²) in [6.45, 7) is -0.733. The Morgan fingerprint density at radius 3 is 2.20 bits per heavy atom. The van der Waals surface area contributed by atoms with E-state index in [9.17, 15) is 14.4 Å². The Balaban J connectivity index is 0.000000315. The van der Waals surface area contributed by atoms with Crippen LogP contribution in [0.4, 0.5) is 0 Å². The molecule has 0 radical (unpaired) electrons. The number of carbonyl (C=O) groups excluding carboxylic acids is 1. The number of likely N-dealkylation sites (N-methyl/N-ethyl adjacent to an activating group) is 1. The number of amides is 1. The van der Waals surface area contributed by atoms with Crippen molar-refractivity contribution in [3.8, 4) is 0 Å². The highest BCUT2D eigenvalue weighted by atomic mass is 16.6. The second kappa shape index (κ2) is 13.1. The maximum absolute atomic E-state index is 13.7. The molecule has 2 saturated heterocycles. The van der Waals surface area contributed by atoms with Crippen LogP contribution in [0.25, 0.3) is 11.0 Å². The number of hydrogen-bond donors (Lipinski definition) is 2. The predicted octanol–water partition coefficient (Wildman–Crippen LogP) is 4.11. The summed E-state index contributed by atoms with van der Waals surface area (Å²) in [6.07, 6.45) is 15.8. The summed E-state index contributed by atoms with van der Waals surface area (Å²) < 4.78 is 1.74. The quantitative estimate of drug-likeness (QED) is 0.399. The van der Waals surface area contributed by atoms with E-state index >= 15 is 0 Å². The highest BCUT2D eigenvalue weighted by molar-refractivity contribution is 6.44. The zero-order valence-electron chi connectivity index (χ0n) is 24.3. The Labute approximate surface area is 241 Å². The molecule has 0 spiro atoms. The van der Waals surface area contributed by atoms with Gasteiger partial charge in [-0.3, -0.25) is 9.59 Å². The van der Waals surface area contributed by atoms with Crippen molar-refractivity contribution in [2.75, 3.05) is 20.7 Å². The molecule has 222 valence electrons. The minimum Gasteiger partial charge on any atom is -0.479 e. The molecule has 3 heterocycles. The third-order valence-electron chi connectivity index (χ3n) is 9.14. The fourth-order valence-corrected chi connectivity index (χ4v) is 7.29. The average Bonchev–Trinajstić information content (AvgIpc) is 2.95. The molecule has 6 rings (SSSR count). The third kappa shape index (κ3) is 6.97. The van der Waals surface area contributed by atoms with Crippen molar-refractivity contribution in [1.82, 2.24) is 19.8 Å². The van der Waals surface area contributed by atoms with E-state index in [4.69, 9.17) is 9.94 Å². The first-order valence-corrected chi connectivity index (χ1v) is 15.2. The number of benzene rings is 1. The summed E-state index contributed by atoms with van der Waals surface area (Å²) in [5.41, 5.74) is 0.380. The number of aliphatic carboxylic acids is 1. The first-order valence-electron chi connectivity index (χ1n) is 15.2. The number of oxime groups is 1. The summed E-state index contributed by atoms with van der Waals surface area (Å²) >= 11 is 0. The van der Waals surface area contributed by atoms with Crippen molar-refractivity contribution >= 4 is 28.6 Å². The lowest BCUT2D eigenvalue weighted by Gasteiger charge is -2.41. The molecule has 1 aromatic heterocycles. The van der Waals surface area contributed by atoms with Crippen molar-refractivity contribution in [2.45, 2.75) is 95.2 Å². The predicted molar refractivity (Wildman–Crippen MR) is 157 cm³/mol. The van der Waals surface area contributed by atoms with Crippen LogP contribution in [0.2, 0.25) is 0 Å². The lowest BCUT2D eigenvalue weighted by Crippen LogP contribution is -2.50. The highest BCUT2D eigenvalue weighted by Crippen LogP contribution is 2.39. The summed E-state index contributed by atoms with van der Waals surface area (Å²) in [6, 6.07) is 7.98. The van der Waals surface area contributed by atoms with Crippen LogP contribution in [0.5, 0.6) is 0 Å². The highest BCUT2D eigenvalue weighted by Gasteiger charge is 2.34. The summed E-state index contributed by atoms with van der Waals surface area (Å²) in [7, 11) is 3.03. The zero-order chi connectivity index (χ0) is 28.9. The third-order valence-corrected chi connectivity index (χ3v) is 9.14. The second-order valence-electron chi connectivity index (χ2n) is 12.4. The lowest BCUT2D eigenvalue weighted by molar-refractivity contribution is -0.142. The van der Waals surface area contributed by atoms with Crippen LogP contribution in [0.15, 0.2) is 34.2 Å². The number of piperidine rings is 2. The molecule has 2 unspecified atom stereocenters. The molecule has 2 aromatic rings. The van der Waals surface area contributed by atoms with E-state index in [1.807, 2.05) is 18.2 Å². The lowest BCUT2D eigenvalue weighted by atomic mass is 9.72. The molecular formula is C31H43N5O5. The fraction of sp³-hybridized carbons (Fsp3) is 0.645. The van der Waals surface area contributed by atoms with Crippen molar-refractivity contribution in [2.24, 2.45) is 17.0 Å². The molecule has 2 N–H and O–H groups in total. The zero-order valence-corrected chi connectivity index (χ0v) is 24.3. The molecule has 10 nitrogen and oxygen atoms in total. The Morgan fingerprint density at radius 1 is 1.00 bits per heavy atom. The van der Waals surface area contributed by atoms with Gasteiger partial charge < -0.3 is 24.7 Å². The van der Waals surface area contributed by atoms with E-state index in [1.165, 1.54) is 38.3 Å². The van der Waals surface area contributed by atoms with Crippen LogP contribution < -0.4 is 10.9 Å². The van der Waals surface area contributed by atoms with E-state index in [0.29, 0.717) is 23.1 Å². The van der Waals surface area contributed by atoms with Gasteiger partial charge in [0, 0.05) is 32.2 Å². The van der Waals surface area contributed by atoms with Crippen LogP contribution in [0.3, 0.4) is 0 Å². The van der Waals surface area contributed by atoms with Crippen molar-refractivity contribution in [3.63, 3.8) is 0 Å². The number of nitrogens with one attached hydrogen (secondary N) is 1. The van der Waals surface area contributed by atoms with E-state index in [-0.39, 0.29) is 17.4 Å². The van der Waals surface area contributed by atoms with Crippen LogP contribution in [-0.4, -0.2) is 69.9 Å². The van der Waals surface area contributed by atoms with Crippen LogP contribution in [0, 0.1) is 11.8 Å². The smallest absolute Gasteiger partial charge is 0.344 e. The van der Waals surface area contributed by atoms with Gasteiger partial charge in [0.1, 0.15) is 0 Å². The maximum atomic E-state index is 13.7. The first-order chi connectivity index (χ1) is 19.8. The summed E-state index contributed by atoms with van der Waals surface area (Å²) in [4.78, 5) is 47.9. The van der Waals surface area contributed by atoms with Gasteiger partial charge in [-0.25, -0.2) is 9.78 Å². The molecule has 10 heteroatoms. The maximum Gasteiger partial charge on any atom is 0.344 e. The van der Waals surface area contributed by atoms with Crippen LogP contribution >= 0.6 is 0 Å². The molecule has 2 atom stereocenters. The van der Waals surface area contributed by atoms with Crippen molar-refractivity contribution < 1.29 is 19.5 Å². The molecule has 1 amide bonds. The number of carboxylic acids is 1. The number of hydrogen-bond acceptors (Lipinski definition) is 7. The van der Waals surface area contributed by atoms with E-state index in [0.717, 1.165) is 37.5 Å². The number of aromatic nitrogens is 2. The molecule has 41 heavy (non-hydrogen) atoms. The number of fused-ring (bicyclic) bond motifs is 5. The minimum absolute atomic E-state index is 0.0404. The number of nitrogens with zero attached hydrogens (tertiary/aromatic N) is 4. The van der Waals surface area contributed by atoms with Gasteiger partial charge in [-0.15, -0.1) is 0 Å². The monoisotopic (exact) mass is 565 g/mol. The number of carbonyl (C=O) groups is 2. The van der Waals surface area contributed by atoms with Gasteiger partial charge in [0.25, 0.3) is 11.5 Å². The van der Waals surface area contributed by atoms with Gasteiger partial charge in [-0.2, -0.15) is 0 Å². The van der Waals surface area contributed by atoms with E-state index in [2.05, 4.69) is 15.5 Å². The first kappa shape index (κ1) is 29.2. The largest absolute Gasteiger partial charge is 0.479 e. The van der Waals surface area contributed by atoms with Gasteiger partial charge in [-0.05, 0) is 56.1 Å². The Morgan fingerprint density at radius 2 is 1.61 bits per heavy atom. The number of carboxylic acid groups (broad SMARTS) is 1. The normalized spacial score (nSPS) is 27.4. The van der Waals surface area contributed by atoms with Gasteiger partial charge in [-0.1, -0.05) is 62.2 Å². The topological polar surface area (TPSA) is 126 Å². The Hall–Kier alpha value is -3.27. The van der Waals surface area contributed by atoms with Gasteiger partial charge in [0.05, 0.1) is 11.0 Å². The van der Waals surface area contributed by atoms with Crippen molar-refractivity contribution in [1.29, 1.82) is 0 Å². The fourth-order valence-electron chi connectivity index (χ4n) is 7.29. The van der Waals surface area contributed by atoms with Crippen LogP contribution in [-0.2, 0) is 14.4 Å². The number of para-hydroxylation sites is 2. The number of rotatable bonds is 6. The molecule has 1 aromatic carbocycles. The second-order valence-corrected chi connectivity index (χ2v) is 12.4. The van der Waals surface area contributed by atoms with Gasteiger partial charge >= 0.3 is 5.97 Å². The SMILES string of the molecule is C1CC2CCCC(C1)C2.CN(C)C(=O)/C(=N\OCC(=O)O)c1nc2ccccc2n(C2CC3CCCC(C2)N3)c1=O. The molecule has 2 aliphatic carbocycles. The van der Waals surface area contributed by atoms with E-state index < -0.39 is 24.0 Å². The van der Waals surface area contributed by atoms with Gasteiger partial charge in [0.2, 0.25) is 6.61 Å². The minimum atomic E-state index is -1.24. The molecule has 4 aliphatic rings. The summed E-state index contributed by atoms with van der Waals surface area (Å²) in [5, 5.41) is 16.2.